The van der Waals surface area contributed by atoms with Crippen molar-refractivity contribution in [1.29, 1.82) is 0 Å². The van der Waals surface area contributed by atoms with Gasteiger partial charge in [-0.05, 0) is 27.4 Å². The number of carbonyl (C=O) groups excluding carboxylic acids is 1. The lowest BCUT2D eigenvalue weighted by molar-refractivity contribution is -0.124. The summed E-state index contributed by atoms with van der Waals surface area (Å²) >= 11 is 0. The summed E-state index contributed by atoms with van der Waals surface area (Å²) in [4.78, 5) is 13.3. The Kier molecular flexibility index (Phi) is 8.37. The first-order chi connectivity index (χ1) is 5.49. The third-order valence-electron chi connectivity index (χ3n) is 2.27. The summed E-state index contributed by atoms with van der Waals surface area (Å²) in [5.41, 5.74) is 0. The van der Waals surface area contributed by atoms with Crippen molar-refractivity contribution in [3.8, 4) is 0 Å². The van der Waals surface area contributed by atoms with Crippen LogP contribution in [0.5, 0.6) is 0 Å². The second-order valence-corrected chi connectivity index (χ2v) is 3.56. The molecule has 0 heterocycles. The van der Waals surface area contributed by atoms with Crippen LogP contribution in [0.2, 0.25) is 0 Å². The molecule has 4 heteroatoms. The Morgan fingerprint density at radius 1 is 1.38 bits per heavy atom. The van der Waals surface area contributed by atoms with Gasteiger partial charge in [0.15, 0.2) is 0 Å². The number of hydrogen-bond donors (Lipinski definition) is 1. The maximum Gasteiger partial charge on any atom is 0.222 e. The predicted octanol–water partition coefficient (Wildman–Crippen LogP) is 1.13. The molecule has 0 aliphatic heterocycles. The van der Waals surface area contributed by atoms with Crippen LogP contribution in [-0.2, 0) is 4.79 Å². The van der Waals surface area contributed by atoms with Crippen molar-refractivity contribution < 1.29 is 4.79 Å². The summed E-state index contributed by atoms with van der Waals surface area (Å²) in [5.74, 6) is 0.232. The second-order valence-electron chi connectivity index (χ2n) is 3.56. The lowest BCUT2D eigenvalue weighted by Crippen LogP contribution is -2.32. The van der Waals surface area contributed by atoms with E-state index >= 15 is 0 Å². The lowest BCUT2D eigenvalue weighted by Gasteiger charge is -2.22. The molecule has 2 unspecified atom stereocenters. The zero-order valence-corrected chi connectivity index (χ0v) is 9.94. The van der Waals surface area contributed by atoms with Crippen LogP contribution in [0.25, 0.3) is 0 Å². The Morgan fingerprint density at radius 2 is 1.85 bits per heavy atom. The normalized spacial score (nSPS) is 14.6. The molecule has 80 valence electrons. The van der Waals surface area contributed by atoms with E-state index in [0.29, 0.717) is 6.04 Å². The summed E-state index contributed by atoms with van der Waals surface area (Å²) in [6.07, 6.45) is 0.909. The molecule has 0 aliphatic carbocycles. The number of hydrogen-bond acceptors (Lipinski definition) is 2. The standard InChI is InChI=1S/C9H20N2O.ClH/c1-7(9(12)10-3)6-8(2)11(4)5;/h7-8H,6H2,1-5H3,(H,10,12);1H. The van der Waals surface area contributed by atoms with Gasteiger partial charge in [-0.15, -0.1) is 12.4 Å². The van der Waals surface area contributed by atoms with Crippen LogP contribution in [-0.4, -0.2) is 38.0 Å². The molecule has 0 saturated heterocycles. The van der Waals surface area contributed by atoms with E-state index in [1.807, 2.05) is 21.0 Å². The van der Waals surface area contributed by atoms with Gasteiger partial charge in [0.2, 0.25) is 5.91 Å². The highest BCUT2D eigenvalue weighted by Gasteiger charge is 2.15. The van der Waals surface area contributed by atoms with Gasteiger partial charge in [0, 0.05) is 19.0 Å². The smallest absolute Gasteiger partial charge is 0.222 e. The summed E-state index contributed by atoms with van der Waals surface area (Å²) in [6, 6.07) is 0.456. The molecule has 0 aromatic carbocycles. The maximum atomic E-state index is 11.1. The van der Waals surface area contributed by atoms with E-state index in [0.717, 1.165) is 6.42 Å². The molecule has 0 bridgehead atoms. The van der Waals surface area contributed by atoms with Crippen LogP contribution in [0.4, 0.5) is 0 Å². The van der Waals surface area contributed by atoms with Gasteiger partial charge in [-0.25, -0.2) is 0 Å². The van der Waals surface area contributed by atoms with Crippen LogP contribution in [0.3, 0.4) is 0 Å². The van der Waals surface area contributed by atoms with Crippen LogP contribution in [0, 0.1) is 5.92 Å². The molecule has 0 aliphatic rings. The largest absolute Gasteiger partial charge is 0.359 e. The summed E-state index contributed by atoms with van der Waals surface area (Å²) in [7, 11) is 5.74. The van der Waals surface area contributed by atoms with Gasteiger partial charge in [-0.1, -0.05) is 6.92 Å². The molecule has 0 aromatic rings. The Labute approximate surface area is 87.3 Å². The number of amides is 1. The van der Waals surface area contributed by atoms with Crippen molar-refractivity contribution in [3.05, 3.63) is 0 Å². The summed E-state index contributed by atoms with van der Waals surface area (Å²) in [5, 5.41) is 2.65. The highest BCUT2D eigenvalue weighted by atomic mass is 35.5. The van der Waals surface area contributed by atoms with Crippen molar-refractivity contribution in [2.45, 2.75) is 26.3 Å². The van der Waals surface area contributed by atoms with Crippen molar-refractivity contribution >= 4 is 18.3 Å². The Hall–Kier alpha value is -0.280. The summed E-state index contributed by atoms with van der Waals surface area (Å²) < 4.78 is 0. The van der Waals surface area contributed by atoms with Crippen LogP contribution in [0.1, 0.15) is 20.3 Å². The number of carbonyl (C=O) groups is 1. The molecule has 0 spiro atoms. The van der Waals surface area contributed by atoms with Gasteiger partial charge in [0.1, 0.15) is 0 Å². The first kappa shape index (κ1) is 15.2. The van der Waals surface area contributed by atoms with Gasteiger partial charge in [0.05, 0.1) is 0 Å². The van der Waals surface area contributed by atoms with E-state index in [4.69, 9.17) is 0 Å². The number of halogens is 1. The van der Waals surface area contributed by atoms with Crippen molar-refractivity contribution in [2.24, 2.45) is 5.92 Å². The van der Waals surface area contributed by atoms with Crippen molar-refractivity contribution in [1.82, 2.24) is 10.2 Å². The van der Waals surface area contributed by atoms with E-state index in [1.54, 1.807) is 7.05 Å². The second kappa shape index (κ2) is 7.15. The monoisotopic (exact) mass is 208 g/mol. The van der Waals surface area contributed by atoms with E-state index in [-0.39, 0.29) is 24.2 Å². The summed E-state index contributed by atoms with van der Waals surface area (Å²) in [6.45, 7) is 4.08. The first-order valence-electron chi connectivity index (χ1n) is 4.37. The van der Waals surface area contributed by atoms with Crippen molar-refractivity contribution in [3.63, 3.8) is 0 Å². The third-order valence-corrected chi connectivity index (χ3v) is 2.27. The first-order valence-corrected chi connectivity index (χ1v) is 4.37. The van der Waals surface area contributed by atoms with E-state index < -0.39 is 0 Å². The Balaban J connectivity index is 0. The third kappa shape index (κ3) is 5.88. The molecule has 13 heavy (non-hydrogen) atoms. The minimum Gasteiger partial charge on any atom is -0.359 e. The molecule has 0 aromatic heterocycles. The molecule has 3 nitrogen and oxygen atoms in total. The number of rotatable bonds is 4. The molecule has 0 fully saturated rings. The predicted molar refractivity (Wildman–Crippen MR) is 58.2 cm³/mol. The quantitative estimate of drug-likeness (QED) is 0.752. The Morgan fingerprint density at radius 3 is 2.15 bits per heavy atom. The number of nitrogens with one attached hydrogen (secondary N) is 1. The molecule has 0 rings (SSSR count). The van der Waals surface area contributed by atoms with Gasteiger partial charge in [-0.2, -0.15) is 0 Å². The average Bonchev–Trinajstić information content (AvgIpc) is 2.02. The van der Waals surface area contributed by atoms with Crippen LogP contribution in [0.15, 0.2) is 0 Å². The highest BCUT2D eigenvalue weighted by Crippen LogP contribution is 2.08. The van der Waals surface area contributed by atoms with E-state index in [2.05, 4.69) is 17.1 Å². The van der Waals surface area contributed by atoms with Gasteiger partial charge in [0.25, 0.3) is 0 Å². The van der Waals surface area contributed by atoms with E-state index in [1.165, 1.54) is 0 Å². The minimum absolute atomic E-state index is 0. The minimum atomic E-state index is 0. The highest BCUT2D eigenvalue weighted by molar-refractivity contribution is 5.85. The molecule has 1 amide bonds. The fourth-order valence-electron chi connectivity index (χ4n) is 1.08. The van der Waals surface area contributed by atoms with Gasteiger partial charge >= 0.3 is 0 Å². The maximum absolute atomic E-state index is 11.1. The fraction of sp³-hybridized carbons (Fsp3) is 0.889. The molecule has 0 radical (unpaired) electrons. The molecular weight excluding hydrogens is 188 g/mol. The SMILES string of the molecule is CNC(=O)C(C)CC(C)N(C)C.Cl. The van der Waals surface area contributed by atoms with Gasteiger partial charge in [-0.3, -0.25) is 4.79 Å². The van der Waals surface area contributed by atoms with Crippen LogP contribution >= 0.6 is 12.4 Å². The number of nitrogens with zero attached hydrogens (tertiary/aromatic N) is 1. The molecule has 1 N–H and O–H groups in total. The molecule has 0 saturated carbocycles. The molecule has 2 atom stereocenters. The Bertz CT molecular complexity index is 151. The average molecular weight is 209 g/mol. The van der Waals surface area contributed by atoms with Gasteiger partial charge < -0.3 is 10.2 Å². The fourth-order valence-corrected chi connectivity index (χ4v) is 1.08. The zero-order chi connectivity index (χ0) is 9.72. The lowest BCUT2D eigenvalue weighted by atomic mass is 10.0. The van der Waals surface area contributed by atoms with Crippen LogP contribution < -0.4 is 5.32 Å². The topological polar surface area (TPSA) is 32.3 Å². The molecular formula is C9H21ClN2O. The van der Waals surface area contributed by atoms with E-state index in [9.17, 15) is 4.79 Å². The zero-order valence-electron chi connectivity index (χ0n) is 9.13. The van der Waals surface area contributed by atoms with Crippen molar-refractivity contribution in [2.75, 3.05) is 21.1 Å².